The molecule has 0 saturated heterocycles. The van der Waals surface area contributed by atoms with Crippen LogP contribution in [0.2, 0.25) is 0 Å². The standard InChI is InChI=1S/C51H32N4O/c1-2-14-33-28-36(25-24-31(33)12-1)49-52-50(39-21-11-17-32-13-5-6-18-37(32)39)54-51(53-49)48-43(26-27-46-47(48)40-20-8-10-23-45(40)56-46)55-42-22-9-7-19-38(42)41-29-34-15-3-4-16-35(34)30-44(41)55/h1-30,50H,(H,52,53,54). The number of rotatable bonds is 4. The summed E-state index contributed by atoms with van der Waals surface area (Å²) in [5.74, 6) is 1.41. The molecule has 2 aromatic heterocycles. The third-order valence-corrected chi connectivity index (χ3v) is 11.4. The first-order valence-electron chi connectivity index (χ1n) is 19.0. The molecule has 3 heterocycles. The van der Waals surface area contributed by atoms with Crippen molar-refractivity contribution < 1.29 is 4.42 Å². The van der Waals surface area contributed by atoms with Gasteiger partial charge in [0.15, 0.2) is 5.84 Å². The number of aromatic nitrogens is 1. The predicted octanol–water partition coefficient (Wildman–Crippen LogP) is 12.6. The average molecular weight is 717 g/mol. The van der Waals surface area contributed by atoms with Crippen molar-refractivity contribution in [3.05, 3.63) is 199 Å². The Labute approximate surface area is 321 Å². The van der Waals surface area contributed by atoms with Crippen LogP contribution in [-0.2, 0) is 0 Å². The van der Waals surface area contributed by atoms with Crippen molar-refractivity contribution in [3.63, 3.8) is 0 Å². The molecule has 0 radical (unpaired) electrons. The van der Waals surface area contributed by atoms with Crippen molar-refractivity contribution in [2.75, 3.05) is 0 Å². The van der Waals surface area contributed by atoms with Crippen LogP contribution in [0.3, 0.4) is 0 Å². The topological polar surface area (TPSA) is 54.8 Å². The van der Waals surface area contributed by atoms with Crippen molar-refractivity contribution in [1.82, 2.24) is 9.88 Å². The zero-order valence-electron chi connectivity index (χ0n) is 30.1. The Kier molecular flexibility index (Phi) is 6.63. The number of hydrogen-bond acceptors (Lipinski definition) is 4. The van der Waals surface area contributed by atoms with Gasteiger partial charge < -0.3 is 14.3 Å². The summed E-state index contributed by atoms with van der Waals surface area (Å²) in [6.45, 7) is 0. The van der Waals surface area contributed by atoms with Gasteiger partial charge in [0.2, 0.25) is 0 Å². The molecule has 0 saturated carbocycles. The van der Waals surface area contributed by atoms with Crippen LogP contribution in [0, 0.1) is 0 Å². The maximum absolute atomic E-state index is 6.60. The van der Waals surface area contributed by atoms with Crippen molar-refractivity contribution in [2.24, 2.45) is 9.98 Å². The third kappa shape index (κ3) is 4.67. The van der Waals surface area contributed by atoms with Gasteiger partial charge in [-0.05, 0) is 74.8 Å². The van der Waals surface area contributed by atoms with Crippen LogP contribution in [0.5, 0.6) is 0 Å². The molecule has 0 spiro atoms. The molecule has 262 valence electrons. The molecule has 56 heavy (non-hydrogen) atoms. The van der Waals surface area contributed by atoms with Gasteiger partial charge in [-0.25, -0.2) is 9.98 Å². The molecule has 5 heteroatoms. The molecular formula is C51H32N4O. The van der Waals surface area contributed by atoms with Crippen LogP contribution in [-0.4, -0.2) is 16.2 Å². The van der Waals surface area contributed by atoms with Crippen LogP contribution in [0.1, 0.15) is 22.9 Å². The normalized spacial score (nSPS) is 14.6. The van der Waals surface area contributed by atoms with E-state index in [0.29, 0.717) is 5.84 Å². The number of fused-ring (bicyclic) bond motifs is 9. The SMILES string of the molecule is c1ccc2cc(C3=NC(c4cccc5ccccc45)NC(c4c(-n5c6ccccc6c6cc7ccccc7cc65)ccc5oc6ccccc6c45)=N3)ccc2c1. The van der Waals surface area contributed by atoms with E-state index < -0.39 is 6.17 Å². The second-order valence-corrected chi connectivity index (χ2v) is 14.6. The Hall–Kier alpha value is -7.50. The second kappa shape index (κ2) is 12.0. The number of nitrogens with zero attached hydrogens (tertiary/aromatic N) is 3. The quantitative estimate of drug-likeness (QED) is 0.197. The van der Waals surface area contributed by atoms with Gasteiger partial charge in [0.1, 0.15) is 23.2 Å². The van der Waals surface area contributed by atoms with Gasteiger partial charge in [0.25, 0.3) is 0 Å². The highest BCUT2D eigenvalue weighted by Gasteiger charge is 2.29. The minimum absolute atomic E-state index is 0.418. The lowest BCUT2D eigenvalue weighted by Gasteiger charge is -2.26. The van der Waals surface area contributed by atoms with Crippen LogP contribution >= 0.6 is 0 Å². The smallest absolute Gasteiger partial charge is 0.159 e. The molecule has 1 aliphatic heterocycles. The molecule has 0 fully saturated rings. The lowest BCUT2D eigenvalue weighted by molar-refractivity contribution is 0.668. The molecule has 1 aliphatic rings. The Balaban J connectivity index is 1.19. The Morgan fingerprint density at radius 3 is 2.02 bits per heavy atom. The van der Waals surface area contributed by atoms with Crippen LogP contribution < -0.4 is 5.32 Å². The molecule has 11 aromatic rings. The first-order chi connectivity index (χ1) is 27.7. The third-order valence-electron chi connectivity index (χ3n) is 11.4. The Bertz CT molecular complexity index is 3470. The fourth-order valence-corrected chi connectivity index (χ4v) is 8.83. The molecule has 9 aromatic carbocycles. The summed E-state index contributed by atoms with van der Waals surface area (Å²) in [5, 5.41) is 15.4. The number of amidine groups is 2. The monoisotopic (exact) mass is 716 g/mol. The molecule has 12 rings (SSSR count). The summed E-state index contributed by atoms with van der Waals surface area (Å²) in [6, 6.07) is 64.5. The van der Waals surface area contributed by atoms with Gasteiger partial charge in [-0.2, -0.15) is 0 Å². The van der Waals surface area contributed by atoms with Crippen LogP contribution in [0.4, 0.5) is 0 Å². The van der Waals surface area contributed by atoms with E-state index in [1.54, 1.807) is 0 Å². The van der Waals surface area contributed by atoms with E-state index in [1.807, 2.05) is 12.1 Å². The van der Waals surface area contributed by atoms with E-state index in [-0.39, 0.29) is 0 Å². The van der Waals surface area contributed by atoms with Crippen LogP contribution in [0.15, 0.2) is 196 Å². The van der Waals surface area contributed by atoms with Gasteiger partial charge in [0.05, 0.1) is 22.3 Å². The largest absolute Gasteiger partial charge is 0.456 e. The number of nitrogens with one attached hydrogen (secondary N) is 1. The Morgan fingerprint density at radius 2 is 1.16 bits per heavy atom. The lowest BCUT2D eigenvalue weighted by Crippen LogP contribution is -2.34. The Morgan fingerprint density at radius 1 is 0.482 bits per heavy atom. The van der Waals surface area contributed by atoms with E-state index in [2.05, 4.69) is 180 Å². The van der Waals surface area contributed by atoms with E-state index in [1.165, 1.54) is 32.3 Å². The fraction of sp³-hybridized carbons (Fsp3) is 0.0196. The van der Waals surface area contributed by atoms with Gasteiger partial charge in [-0.15, -0.1) is 0 Å². The predicted molar refractivity (Wildman–Crippen MR) is 232 cm³/mol. The number of aliphatic imine (C=N–C) groups is 2. The molecule has 1 unspecified atom stereocenters. The van der Waals surface area contributed by atoms with E-state index in [9.17, 15) is 0 Å². The summed E-state index contributed by atoms with van der Waals surface area (Å²) in [5.41, 5.74) is 7.90. The van der Waals surface area contributed by atoms with Crippen molar-refractivity contribution >= 4 is 87.7 Å². The highest BCUT2D eigenvalue weighted by atomic mass is 16.3. The number of hydrogen-bond donors (Lipinski definition) is 1. The molecular weight excluding hydrogens is 685 g/mol. The van der Waals surface area contributed by atoms with Crippen molar-refractivity contribution in [1.29, 1.82) is 0 Å². The highest BCUT2D eigenvalue weighted by Crippen LogP contribution is 2.41. The average Bonchev–Trinajstić information content (AvgIpc) is 3.80. The van der Waals surface area contributed by atoms with E-state index >= 15 is 0 Å². The minimum atomic E-state index is -0.418. The summed E-state index contributed by atoms with van der Waals surface area (Å²) in [7, 11) is 0. The summed E-state index contributed by atoms with van der Waals surface area (Å²) < 4.78 is 9.00. The molecule has 1 N–H and O–H groups in total. The first-order valence-corrected chi connectivity index (χ1v) is 19.0. The van der Waals surface area contributed by atoms with Gasteiger partial charge in [-0.3, -0.25) is 0 Å². The molecule has 0 bridgehead atoms. The van der Waals surface area contributed by atoms with Crippen LogP contribution in [0.25, 0.3) is 81.7 Å². The molecule has 1 atom stereocenters. The summed E-state index contributed by atoms with van der Waals surface area (Å²) in [6.07, 6.45) is -0.418. The fourth-order valence-electron chi connectivity index (χ4n) is 8.83. The number of benzene rings is 9. The van der Waals surface area contributed by atoms with Gasteiger partial charge in [0, 0.05) is 32.7 Å². The van der Waals surface area contributed by atoms with E-state index in [4.69, 9.17) is 14.4 Å². The number of para-hydroxylation sites is 2. The zero-order chi connectivity index (χ0) is 36.7. The van der Waals surface area contributed by atoms with Crippen molar-refractivity contribution in [3.8, 4) is 5.69 Å². The first kappa shape index (κ1) is 30.9. The van der Waals surface area contributed by atoms with E-state index in [0.717, 1.165) is 72.0 Å². The second-order valence-electron chi connectivity index (χ2n) is 14.6. The van der Waals surface area contributed by atoms with Gasteiger partial charge >= 0.3 is 0 Å². The maximum Gasteiger partial charge on any atom is 0.159 e. The zero-order valence-corrected chi connectivity index (χ0v) is 30.1. The van der Waals surface area contributed by atoms with Crippen molar-refractivity contribution in [2.45, 2.75) is 6.17 Å². The minimum Gasteiger partial charge on any atom is -0.456 e. The molecule has 5 nitrogen and oxygen atoms in total. The number of furan rings is 1. The molecule has 0 aliphatic carbocycles. The lowest BCUT2D eigenvalue weighted by atomic mass is 9.99. The molecule has 0 amide bonds. The summed E-state index contributed by atoms with van der Waals surface area (Å²) in [4.78, 5) is 10.9. The van der Waals surface area contributed by atoms with Gasteiger partial charge in [-0.1, -0.05) is 140 Å². The highest BCUT2D eigenvalue weighted by molar-refractivity contribution is 6.25. The maximum atomic E-state index is 6.60. The summed E-state index contributed by atoms with van der Waals surface area (Å²) >= 11 is 0.